The van der Waals surface area contributed by atoms with E-state index in [0.29, 0.717) is 6.04 Å². The van der Waals surface area contributed by atoms with Crippen molar-refractivity contribution < 1.29 is 0 Å². The Morgan fingerprint density at radius 2 is 1.89 bits per heavy atom. The number of hydrogen-bond acceptors (Lipinski definition) is 1. The second-order valence-corrected chi connectivity index (χ2v) is 5.91. The van der Waals surface area contributed by atoms with Crippen LogP contribution in [0.5, 0.6) is 0 Å². The molecule has 3 nitrogen and oxygen atoms in total. The van der Waals surface area contributed by atoms with Crippen molar-refractivity contribution in [3.63, 3.8) is 0 Å². The van der Waals surface area contributed by atoms with E-state index >= 15 is 0 Å². The summed E-state index contributed by atoms with van der Waals surface area (Å²) < 4.78 is 5.55. The second-order valence-electron chi connectivity index (χ2n) is 4.81. The van der Waals surface area contributed by atoms with Crippen molar-refractivity contribution in [3.05, 3.63) is 46.6 Å². The van der Waals surface area contributed by atoms with E-state index < -0.39 is 0 Å². The number of hydrogen-bond donors (Lipinski definition) is 0. The van der Waals surface area contributed by atoms with Gasteiger partial charge in [0.15, 0.2) is 0 Å². The minimum Gasteiger partial charge on any atom is -0.311 e. The van der Waals surface area contributed by atoms with E-state index in [4.69, 9.17) is 0 Å². The van der Waals surface area contributed by atoms with Gasteiger partial charge in [-0.15, -0.1) is 0 Å². The van der Waals surface area contributed by atoms with Gasteiger partial charge in [-0.2, -0.15) is 5.10 Å². The van der Waals surface area contributed by atoms with E-state index in [0.717, 1.165) is 0 Å². The monoisotopic (exact) mass is 349 g/mol. The fourth-order valence-electron chi connectivity index (χ4n) is 2.26. The van der Waals surface area contributed by atoms with Crippen LogP contribution in [0.1, 0.15) is 18.9 Å². The summed E-state index contributed by atoms with van der Waals surface area (Å²) >= 11 is 2.36. The summed E-state index contributed by atoms with van der Waals surface area (Å²) in [7, 11) is 0. The highest BCUT2D eigenvalue weighted by molar-refractivity contribution is 14.1. The van der Waals surface area contributed by atoms with Crippen molar-refractivity contribution in [1.82, 2.24) is 14.2 Å². The molecule has 0 amide bonds. The Kier molecular flexibility index (Phi) is 2.27. The minimum absolute atomic E-state index is 0.647. The van der Waals surface area contributed by atoms with Gasteiger partial charge in [0.2, 0.25) is 0 Å². The lowest BCUT2D eigenvalue weighted by Gasteiger charge is -2.01. The first kappa shape index (κ1) is 10.6. The van der Waals surface area contributed by atoms with Crippen LogP contribution < -0.4 is 0 Å². The predicted molar refractivity (Wildman–Crippen MR) is 79.6 cm³/mol. The zero-order valence-electron chi connectivity index (χ0n) is 9.75. The van der Waals surface area contributed by atoms with E-state index in [9.17, 15) is 0 Å². The molecule has 1 fully saturated rings. The zero-order chi connectivity index (χ0) is 12.1. The van der Waals surface area contributed by atoms with Crippen LogP contribution in [0.2, 0.25) is 0 Å². The fraction of sp³-hybridized carbons (Fsp3) is 0.214. The molecule has 3 heterocycles. The molecule has 1 saturated carbocycles. The summed E-state index contributed by atoms with van der Waals surface area (Å²) in [4.78, 5) is 0. The van der Waals surface area contributed by atoms with Crippen LogP contribution in [0.3, 0.4) is 0 Å². The molecule has 0 saturated heterocycles. The number of aromatic nitrogens is 3. The predicted octanol–water partition coefficient (Wildman–Crippen LogP) is 3.74. The molecule has 3 aromatic rings. The molecule has 0 bridgehead atoms. The van der Waals surface area contributed by atoms with Gasteiger partial charge in [-0.25, -0.2) is 0 Å². The van der Waals surface area contributed by atoms with Crippen LogP contribution in [-0.2, 0) is 0 Å². The second kappa shape index (κ2) is 3.85. The molecule has 0 spiro atoms. The molecule has 4 rings (SSSR count). The Hall–Kier alpha value is -1.30. The van der Waals surface area contributed by atoms with Gasteiger partial charge in [0.1, 0.15) is 0 Å². The molecule has 0 aliphatic heterocycles. The third-order valence-corrected chi connectivity index (χ3v) is 4.34. The number of pyridine rings is 1. The standard InChI is InChI=1S/C14H12IN3/c15-14-6-5-12-2-1-10(8-17(12)14)11-7-16-18(9-11)13-3-4-13/h1-2,5-9,13H,3-4H2. The van der Waals surface area contributed by atoms with E-state index in [1.165, 1.54) is 33.2 Å². The molecule has 90 valence electrons. The summed E-state index contributed by atoms with van der Waals surface area (Å²) in [5.74, 6) is 0. The molecule has 1 aliphatic carbocycles. The van der Waals surface area contributed by atoms with Crippen LogP contribution in [0.25, 0.3) is 16.6 Å². The summed E-state index contributed by atoms with van der Waals surface area (Å²) in [6, 6.07) is 9.24. The molecule has 0 radical (unpaired) electrons. The topological polar surface area (TPSA) is 22.2 Å². The third kappa shape index (κ3) is 1.67. The molecular weight excluding hydrogens is 337 g/mol. The van der Waals surface area contributed by atoms with Crippen LogP contribution >= 0.6 is 22.6 Å². The number of nitrogens with zero attached hydrogens (tertiary/aromatic N) is 3. The molecule has 3 aromatic heterocycles. The summed E-state index contributed by atoms with van der Waals surface area (Å²) in [6.07, 6.45) is 8.86. The number of fused-ring (bicyclic) bond motifs is 1. The van der Waals surface area contributed by atoms with Crippen molar-refractivity contribution in [2.45, 2.75) is 18.9 Å². The quantitative estimate of drug-likeness (QED) is 0.646. The highest BCUT2D eigenvalue weighted by Gasteiger charge is 2.24. The number of halogens is 1. The van der Waals surface area contributed by atoms with E-state index in [-0.39, 0.29) is 0 Å². The van der Waals surface area contributed by atoms with Crippen molar-refractivity contribution >= 4 is 28.1 Å². The van der Waals surface area contributed by atoms with Gasteiger partial charge in [0.05, 0.1) is 15.9 Å². The lowest BCUT2D eigenvalue weighted by Crippen LogP contribution is -1.92. The average Bonchev–Trinajstić information content (AvgIpc) is 3.01. The van der Waals surface area contributed by atoms with Crippen LogP contribution in [0.15, 0.2) is 42.9 Å². The summed E-state index contributed by atoms with van der Waals surface area (Å²) in [6.45, 7) is 0. The SMILES string of the molecule is Ic1ccc2ccc(-c3cnn(C4CC4)c3)cn12. The Labute approximate surface area is 119 Å². The Balaban J connectivity index is 1.81. The van der Waals surface area contributed by atoms with Crippen molar-refractivity contribution in [2.24, 2.45) is 0 Å². The van der Waals surface area contributed by atoms with Crippen molar-refractivity contribution in [1.29, 1.82) is 0 Å². The van der Waals surface area contributed by atoms with Gasteiger partial charge in [-0.3, -0.25) is 4.68 Å². The molecule has 1 aliphatic rings. The third-order valence-electron chi connectivity index (χ3n) is 3.46. The zero-order valence-corrected chi connectivity index (χ0v) is 11.9. The van der Waals surface area contributed by atoms with Gasteiger partial charge < -0.3 is 4.40 Å². The lowest BCUT2D eigenvalue weighted by atomic mass is 10.1. The maximum atomic E-state index is 4.45. The maximum absolute atomic E-state index is 4.45. The molecular formula is C14H12IN3. The van der Waals surface area contributed by atoms with E-state index in [1.807, 2.05) is 6.20 Å². The van der Waals surface area contributed by atoms with Crippen LogP contribution in [0, 0.1) is 3.70 Å². The van der Waals surface area contributed by atoms with Gasteiger partial charge in [0, 0.05) is 29.0 Å². The van der Waals surface area contributed by atoms with E-state index in [2.05, 4.69) is 73.4 Å². The molecule has 4 heteroatoms. The highest BCUT2D eigenvalue weighted by Crippen LogP contribution is 2.35. The van der Waals surface area contributed by atoms with Gasteiger partial charge >= 0.3 is 0 Å². The first-order valence-electron chi connectivity index (χ1n) is 6.12. The largest absolute Gasteiger partial charge is 0.311 e. The van der Waals surface area contributed by atoms with Crippen molar-refractivity contribution in [2.75, 3.05) is 0 Å². The Morgan fingerprint density at radius 3 is 2.72 bits per heavy atom. The van der Waals surface area contributed by atoms with Crippen LogP contribution in [0.4, 0.5) is 0 Å². The molecule has 0 atom stereocenters. The van der Waals surface area contributed by atoms with Crippen molar-refractivity contribution in [3.8, 4) is 11.1 Å². The molecule has 0 unspecified atom stereocenters. The smallest absolute Gasteiger partial charge is 0.0844 e. The normalized spacial score (nSPS) is 15.4. The van der Waals surface area contributed by atoms with Gasteiger partial charge in [-0.1, -0.05) is 6.07 Å². The van der Waals surface area contributed by atoms with Gasteiger partial charge in [-0.05, 0) is 53.6 Å². The Bertz CT molecular complexity index is 722. The van der Waals surface area contributed by atoms with Gasteiger partial charge in [0.25, 0.3) is 0 Å². The summed E-state index contributed by atoms with van der Waals surface area (Å²) in [5, 5.41) is 4.45. The van der Waals surface area contributed by atoms with Crippen LogP contribution in [-0.4, -0.2) is 14.2 Å². The molecule has 18 heavy (non-hydrogen) atoms. The molecule has 0 aromatic carbocycles. The molecule has 0 N–H and O–H groups in total. The lowest BCUT2D eigenvalue weighted by molar-refractivity contribution is 0.642. The first-order valence-corrected chi connectivity index (χ1v) is 7.20. The number of rotatable bonds is 2. The first-order chi connectivity index (χ1) is 8.81. The highest BCUT2D eigenvalue weighted by atomic mass is 127. The average molecular weight is 349 g/mol. The van der Waals surface area contributed by atoms with E-state index in [1.54, 1.807) is 0 Å². The Morgan fingerprint density at radius 1 is 1.06 bits per heavy atom. The maximum Gasteiger partial charge on any atom is 0.0844 e. The summed E-state index contributed by atoms with van der Waals surface area (Å²) in [5.41, 5.74) is 3.66. The minimum atomic E-state index is 0.647. The fourth-order valence-corrected chi connectivity index (χ4v) is 2.86.